The summed E-state index contributed by atoms with van der Waals surface area (Å²) in [6, 6.07) is 9.32. The van der Waals surface area contributed by atoms with Crippen molar-refractivity contribution < 1.29 is 22.7 Å². The number of unbranched alkanes of at least 4 members (excludes halogenated alkanes) is 3. The van der Waals surface area contributed by atoms with Crippen molar-refractivity contribution in [2.24, 2.45) is 0 Å². The monoisotopic (exact) mass is 422 g/mol. The summed E-state index contributed by atoms with van der Waals surface area (Å²) in [4.78, 5) is 26.5. The van der Waals surface area contributed by atoms with Crippen LogP contribution in [0, 0.1) is 0 Å². The van der Waals surface area contributed by atoms with Gasteiger partial charge in [0.2, 0.25) is 0 Å². The first-order valence-electron chi connectivity index (χ1n) is 9.46. The predicted molar refractivity (Wildman–Crippen MR) is 104 cm³/mol. The Morgan fingerprint density at radius 2 is 1.77 bits per heavy atom. The Labute approximate surface area is 170 Å². The minimum absolute atomic E-state index is 0.00658. The molecule has 0 bridgehead atoms. The van der Waals surface area contributed by atoms with E-state index in [4.69, 9.17) is 4.74 Å². The molecule has 0 spiro atoms. The van der Waals surface area contributed by atoms with Gasteiger partial charge in [-0.25, -0.2) is 4.98 Å². The molecular formula is C19H21F3N6O2. The van der Waals surface area contributed by atoms with Gasteiger partial charge in [0.25, 0.3) is 0 Å². The zero-order valence-electron chi connectivity index (χ0n) is 16.0. The molecule has 8 nitrogen and oxygen atoms in total. The maximum Gasteiger partial charge on any atom is 0.471 e. The summed E-state index contributed by atoms with van der Waals surface area (Å²) in [6.07, 6.45) is -0.559. The van der Waals surface area contributed by atoms with Crippen LogP contribution in [-0.2, 0) is 4.79 Å². The van der Waals surface area contributed by atoms with Crippen molar-refractivity contribution in [2.75, 3.05) is 18.4 Å². The first-order chi connectivity index (χ1) is 14.4. The van der Waals surface area contributed by atoms with Crippen molar-refractivity contribution >= 4 is 22.9 Å². The number of fused-ring (bicyclic) bond motifs is 1. The quantitative estimate of drug-likeness (QED) is 0.430. The molecule has 1 amide bonds. The molecule has 30 heavy (non-hydrogen) atoms. The third kappa shape index (κ3) is 6.06. The number of para-hydroxylation sites is 1. The standard InChI is InChI=1S/C19H21F3N6O2/c20-19(21,22)17(29)24-11-7-2-1-6-10-23-15-14-16(26-12-25-14)28-18(27-15)30-13-8-4-3-5-9-13/h3-5,8-9,12H,1-2,6-7,10-11H2,(H,24,29)(H2,23,25,26,27,28). The van der Waals surface area contributed by atoms with Crippen molar-refractivity contribution in [2.45, 2.75) is 31.9 Å². The summed E-state index contributed by atoms with van der Waals surface area (Å²) >= 11 is 0. The number of anilines is 1. The highest BCUT2D eigenvalue weighted by Gasteiger charge is 2.38. The smallest absolute Gasteiger partial charge is 0.424 e. The van der Waals surface area contributed by atoms with Crippen LogP contribution in [0.2, 0.25) is 0 Å². The number of hydrogen-bond acceptors (Lipinski definition) is 6. The van der Waals surface area contributed by atoms with Crippen LogP contribution < -0.4 is 15.4 Å². The van der Waals surface area contributed by atoms with E-state index in [0.29, 0.717) is 42.1 Å². The third-order valence-electron chi connectivity index (χ3n) is 4.16. The molecule has 3 N–H and O–H groups in total. The summed E-state index contributed by atoms with van der Waals surface area (Å²) in [6.45, 7) is 0.609. The number of halogens is 3. The van der Waals surface area contributed by atoms with E-state index in [9.17, 15) is 18.0 Å². The van der Waals surface area contributed by atoms with Gasteiger partial charge in [-0.05, 0) is 25.0 Å². The first-order valence-corrected chi connectivity index (χ1v) is 9.46. The third-order valence-corrected chi connectivity index (χ3v) is 4.16. The van der Waals surface area contributed by atoms with Gasteiger partial charge < -0.3 is 20.4 Å². The van der Waals surface area contributed by atoms with Gasteiger partial charge >= 0.3 is 18.1 Å². The minimum atomic E-state index is -4.83. The van der Waals surface area contributed by atoms with Crippen LogP contribution in [0.5, 0.6) is 11.8 Å². The van der Waals surface area contributed by atoms with Crippen LogP contribution in [0.3, 0.4) is 0 Å². The Hall–Kier alpha value is -3.37. The van der Waals surface area contributed by atoms with E-state index in [1.165, 1.54) is 6.33 Å². The fourth-order valence-corrected chi connectivity index (χ4v) is 2.69. The molecule has 160 valence electrons. The number of carbonyl (C=O) groups is 1. The molecule has 0 atom stereocenters. The van der Waals surface area contributed by atoms with Crippen LogP contribution in [-0.4, -0.2) is 45.1 Å². The van der Waals surface area contributed by atoms with Gasteiger partial charge in [0.15, 0.2) is 11.5 Å². The van der Waals surface area contributed by atoms with Crippen LogP contribution in [0.15, 0.2) is 36.7 Å². The average Bonchev–Trinajstić information content (AvgIpc) is 3.18. The molecule has 0 aliphatic heterocycles. The molecule has 0 radical (unpaired) electrons. The number of imidazole rings is 1. The van der Waals surface area contributed by atoms with Gasteiger partial charge in [-0.1, -0.05) is 31.0 Å². The highest BCUT2D eigenvalue weighted by molar-refractivity contribution is 5.82. The second-order valence-corrected chi connectivity index (χ2v) is 6.47. The van der Waals surface area contributed by atoms with E-state index in [-0.39, 0.29) is 12.6 Å². The first kappa shape index (κ1) is 21.3. The van der Waals surface area contributed by atoms with E-state index in [0.717, 1.165) is 12.8 Å². The summed E-state index contributed by atoms with van der Waals surface area (Å²) < 4.78 is 41.9. The number of rotatable bonds is 10. The number of nitrogens with one attached hydrogen (secondary N) is 3. The molecule has 0 saturated heterocycles. The molecule has 0 aliphatic rings. The Morgan fingerprint density at radius 3 is 2.50 bits per heavy atom. The predicted octanol–water partition coefficient (Wildman–Crippen LogP) is 3.80. The molecule has 0 aliphatic carbocycles. The molecular weight excluding hydrogens is 401 g/mol. The molecule has 11 heteroatoms. The van der Waals surface area contributed by atoms with E-state index >= 15 is 0 Å². The van der Waals surface area contributed by atoms with Crippen LogP contribution >= 0.6 is 0 Å². The number of benzene rings is 1. The molecule has 0 fully saturated rings. The summed E-state index contributed by atoms with van der Waals surface area (Å²) in [5.74, 6) is -0.734. The van der Waals surface area contributed by atoms with E-state index in [1.807, 2.05) is 23.5 Å². The van der Waals surface area contributed by atoms with Gasteiger partial charge in [0.1, 0.15) is 11.3 Å². The lowest BCUT2D eigenvalue weighted by molar-refractivity contribution is -0.173. The largest absolute Gasteiger partial charge is 0.471 e. The van der Waals surface area contributed by atoms with Crippen LogP contribution in [0.25, 0.3) is 11.2 Å². The second-order valence-electron chi connectivity index (χ2n) is 6.47. The second kappa shape index (κ2) is 9.90. The maximum atomic E-state index is 12.1. The molecule has 2 aromatic heterocycles. The highest BCUT2D eigenvalue weighted by atomic mass is 19.4. The van der Waals surface area contributed by atoms with Gasteiger partial charge in [0, 0.05) is 13.1 Å². The molecule has 3 rings (SSSR count). The number of aromatic nitrogens is 4. The van der Waals surface area contributed by atoms with Crippen molar-refractivity contribution in [3.8, 4) is 11.8 Å². The normalized spacial score (nSPS) is 11.4. The van der Waals surface area contributed by atoms with Crippen LogP contribution in [0.4, 0.5) is 19.0 Å². The fourth-order valence-electron chi connectivity index (χ4n) is 2.69. The van der Waals surface area contributed by atoms with Gasteiger partial charge in [-0.15, -0.1) is 0 Å². The number of alkyl halides is 3. The highest BCUT2D eigenvalue weighted by Crippen LogP contribution is 2.23. The summed E-state index contributed by atoms with van der Waals surface area (Å²) in [5.41, 5.74) is 1.13. The molecule has 3 aromatic rings. The van der Waals surface area contributed by atoms with Crippen molar-refractivity contribution in [3.63, 3.8) is 0 Å². The van der Waals surface area contributed by atoms with Crippen molar-refractivity contribution in [1.29, 1.82) is 0 Å². The molecule has 1 aromatic carbocycles. The average molecular weight is 422 g/mol. The van der Waals surface area contributed by atoms with Crippen LogP contribution in [0.1, 0.15) is 25.7 Å². The number of hydrogen-bond donors (Lipinski definition) is 3. The number of aromatic amines is 1. The molecule has 0 saturated carbocycles. The minimum Gasteiger partial charge on any atom is -0.424 e. The lowest BCUT2D eigenvalue weighted by Gasteiger charge is -2.09. The SMILES string of the molecule is O=C(NCCCCCCNc1nc(Oc2ccccc2)nc2nc[nH]c12)C(F)(F)F. The number of carbonyl (C=O) groups excluding carboxylic acids is 1. The Morgan fingerprint density at radius 1 is 1.03 bits per heavy atom. The van der Waals surface area contributed by atoms with Gasteiger partial charge in [-0.3, -0.25) is 4.79 Å². The maximum absolute atomic E-state index is 12.1. The summed E-state index contributed by atoms with van der Waals surface area (Å²) in [7, 11) is 0. The molecule has 2 heterocycles. The van der Waals surface area contributed by atoms with Crippen molar-refractivity contribution in [3.05, 3.63) is 36.7 Å². The zero-order valence-corrected chi connectivity index (χ0v) is 16.0. The fraction of sp³-hybridized carbons (Fsp3) is 0.368. The number of H-pyrrole nitrogens is 1. The van der Waals surface area contributed by atoms with Gasteiger partial charge in [-0.2, -0.15) is 23.1 Å². The Balaban J connectivity index is 1.44. The number of nitrogens with zero attached hydrogens (tertiary/aromatic N) is 3. The van der Waals surface area contributed by atoms with Crippen molar-refractivity contribution in [1.82, 2.24) is 25.3 Å². The van der Waals surface area contributed by atoms with E-state index in [2.05, 4.69) is 25.3 Å². The topological polar surface area (TPSA) is 105 Å². The lowest BCUT2D eigenvalue weighted by atomic mass is 10.2. The lowest BCUT2D eigenvalue weighted by Crippen LogP contribution is -2.37. The number of ether oxygens (including phenoxy) is 1. The zero-order chi connectivity index (χ0) is 21.4. The Bertz CT molecular complexity index is 962. The summed E-state index contributed by atoms with van der Waals surface area (Å²) in [5, 5.41) is 5.07. The number of amides is 1. The van der Waals surface area contributed by atoms with E-state index < -0.39 is 12.1 Å². The Kier molecular flexibility index (Phi) is 7.04. The van der Waals surface area contributed by atoms with E-state index in [1.54, 1.807) is 12.1 Å². The molecule has 0 unspecified atom stereocenters. The van der Waals surface area contributed by atoms with Gasteiger partial charge in [0.05, 0.1) is 6.33 Å².